The maximum atomic E-state index is 13.7. The first-order valence-corrected chi connectivity index (χ1v) is 14.3. The van der Waals surface area contributed by atoms with Gasteiger partial charge in [0, 0.05) is 62.2 Å². The number of para-hydroxylation sites is 1. The number of rotatable bonds is 10. The first-order valence-electron chi connectivity index (χ1n) is 14.3. The fourth-order valence-electron chi connectivity index (χ4n) is 5.40. The molecule has 1 unspecified atom stereocenters. The zero-order valence-corrected chi connectivity index (χ0v) is 23.8. The van der Waals surface area contributed by atoms with Crippen LogP contribution in [0.1, 0.15) is 29.9 Å². The smallest absolute Gasteiger partial charge is 0.320 e. The van der Waals surface area contributed by atoms with E-state index in [2.05, 4.69) is 30.8 Å². The van der Waals surface area contributed by atoms with Gasteiger partial charge in [-0.25, -0.2) is 23.8 Å². The Morgan fingerprint density at radius 2 is 1.79 bits per heavy atom. The molecule has 2 amide bonds. The molecule has 0 spiro atoms. The minimum absolute atomic E-state index is 0.00353. The van der Waals surface area contributed by atoms with Gasteiger partial charge in [0.05, 0.1) is 18.3 Å². The van der Waals surface area contributed by atoms with E-state index in [0.29, 0.717) is 36.7 Å². The standard InChI is InChI=1S/C31H35FN8O2/c1-20-28(22-16-33-30(34-17-22)35-24-12-13-24)38-40(25-6-4-3-5-7-25)29(20)37-31(41)36-27-19-39(14-15-42-2)18-26(27)21-8-10-23(32)11-9-21/h3-11,16-17,24,26-27H,12-15,18-19H2,1-2H3,(H,33,34,35)(H2,36,37,41)/t26?,27-/m1/s1. The van der Waals surface area contributed by atoms with Crippen LogP contribution in [0.2, 0.25) is 0 Å². The van der Waals surface area contributed by atoms with Gasteiger partial charge < -0.3 is 15.4 Å². The van der Waals surface area contributed by atoms with Gasteiger partial charge in [-0.1, -0.05) is 30.3 Å². The van der Waals surface area contributed by atoms with Crippen molar-refractivity contribution in [2.24, 2.45) is 0 Å². The normalized spacial score (nSPS) is 18.6. The molecule has 3 N–H and O–H groups in total. The molecule has 1 aliphatic heterocycles. The number of likely N-dealkylation sites (tertiary alicyclic amines) is 1. The fourth-order valence-corrected chi connectivity index (χ4v) is 5.40. The van der Waals surface area contributed by atoms with E-state index in [1.165, 1.54) is 12.1 Å². The molecule has 2 aromatic heterocycles. The largest absolute Gasteiger partial charge is 0.383 e. The van der Waals surface area contributed by atoms with E-state index in [4.69, 9.17) is 9.84 Å². The fraction of sp³-hybridized carbons (Fsp3) is 0.355. The summed E-state index contributed by atoms with van der Waals surface area (Å²) in [7, 11) is 1.68. The highest BCUT2D eigenvalue weighted by atomic mass is 19.1. The number of nitrogens with one attached hydrogen (secondary N) is 3. The number of hydrogen-bond donors (Lipinski definition) is 3. The van der Waals surface area contributed by atoms with E-state index in [0.717, 1.165) is 48.3 Å². The van der Waals surface area contributed by atoms with Crippen molar-refractivity contribution in [3.05, 3.63) is 83.9 Å². The third-order valence-electron chi connectivity index (χ3n) is 7.81. The van der Waals surface area contributed by atoms with Crippen LogP contribution >= 0.6 is 0 Å². The molecule has 0 bridgehead atoms. The van der Waals surface area contributed by atoms with Crippen LogP contribution in [0.25, 0.3) is 16.9 Å². The number of hydrogen-bond acceptors (Lipinski definition) is 7. The number of carbonyl (C=O) groups is 1. The summed E-state index contributed by atoms with van der Waals surface area (Å²) < 4.78 is 20.7. The van der Waals surface area contributed by atoms with Gasteiger partial charge >= 0.3 is 6.03 Å². The van der Waals surface area contributed by atoms with Gasteiger partial charge in [-0.2, -0.15) is 5.10 Å². The Kier molecular flexibility index (Phi) is 8.11. The van der Waals surface area contributed by atoms with Gasteiger partial charge in [0.2, 0.25) is 5.95 Å². The number of amides is 2. The molecule has 2 fully saturated rings. The lowest BCUT2D eigenvalue weighted by atomic mass is 9.94. The summed E-state index contributed by atoms with van der Waals surface area (Å²) in [5.41, 5.74) is 4.03. The number of halogens is 1. The highest BCUT2D eigenvalue weighted by Crippen LogP contribution is 2.32. The van der Waals surface area contributed by atoms with Gasteiger partial charge in [-0.15, -0.1) is 0 Å². The summed E-state index contributed by atoms with van der Waals surface area (Å²) in [5.74, 6) is 0.881. The van der Waals surface area contributed by atoms with E-state index in [-0.39, 0.29) is 23.8 Å². The van der Waals surface area contributed by atoms with E-state index >= 15 is 0 Å². The quantitative estimate of drug-likeness (QED) is 0.256. The maximum Gasteiger partial charge on any atom is 0.320 e. The molecule has 4 aromatic rings. The maximum absolute atomic E-state index is 13.7. The third-order valence-corrected chi connectivity index (χ3v) is 7.81. The lowest BCUT2D eigenvalue weighted by Gasteiger charge is -2.21. The monoisotopic (exact) mass is 570 g/mol. The van der Waals surface area contributed by atoms with Gasteiger partial charge in [0.1, 0.15) is 17.3 Å². The number of carbonyl (C=O) groups excluding carboxylic acids is 1. The molecule has 6 rings (SSSR count). The van der Waals surface area contributed by atoms with E-state index in [1.54, 1.807) is 36.3 Å². The van der Waals surface area contributed by atoms with Crippen LogP contribution in [-0.2, 0) is 4.74 Å². The second-order valence-electron chi connectivity index (χ2n) is 10.9. The molecule has 1 aliphatic carbocycles. The average molecular weight is 571 g/mol. The van der Waals surface area contributed by atoms with Crippen molar-refractivity contribution in [1.82, 2.24) is 30.0 Å². The molecule has 1 saturated carbocycles. The molecule has 2 aromatic carbocycles. The van der Waals surface area contributed by atoms with Gasteiger partial charge in [-0.3, -0.25) is 10.2 Å². The Hall–Kier alpha value is -4.35. The molecular weight excluding hydrogens is 535 g/mol. The summed E-state index contributed by atoms with van der Waals surface area (Å²) in [4.78, 5) is 24.8. The minimum Gasteiger partial charge on any atom is -0.383 e. The van der Waals surface area contributed by atoms with Crippen LogP contribution in [0.3, 0.4) is 0 Å². The Morgan fingerprint density at radius 3 is 2.48 bits per heavy atom. The molecule has 3 heterocycles. The number of methoxy groups -OCH3 is 1. The van der Waals surface area contributed by atoms with Gasteiger partial charge in [0.15, 0.2) is 0 Å². The molecule has 2 atom stereocenters. The van der Waals surface area contributed by atoms with E-state index in [1.807, 2.05) is 37.3 Å². The van der Waals surface area contributed by atoms with Crippen molar-refractivity contribution in [1.29, 1.82) is 0 Å². The van der Waals surface area contributed by atoms with E-state index in [9.17, 15) is 9.18 Å². The summed E-state index contributed by atoms with van der Waals surface area (Å²) in [5, 5.41) is 14.4. The first kappa shape index (κ1) is 27.8. The third kappa shape index (κ3) is 6.27. The summed E-state index contributed by atoms with van der Waals surface area (Å²) in [6, 6.07) is 16.1. The number of anilines is 2. The Labute approximate surface area is 244 Å². The molecule has 1 saturated heterocycles. The Balaban J connectivity index is 1.25. The molecule has 0 radical (unpaired) electrons. The van der Waals surface area contributed by atoms with Crippen molar-refractivity contribution >= 4 is 17.8 Å². The van der Waals surface area contributed by atoms with Crippen molar-refractivity contribution < 1.29 is 13.9 Å². The second kappa shape index (κ2) is 12.3. The molecule has 42 heavy (non-hydrogen) atoms. The SMILES string of the molecule is COCCN1CC(c2ccc(F)cc2)[C@H](NC(=O)Nc2c(C)c(-c3cnc(NC4CC4)nc3)nn2-c2ccccc2)C1. The molecule has 11 heteroatoms. The van der Waals surface area contributed by atoms with Gasteiger partial charge in [-0.05, 0) is 49.6 Å². The summed E-state index contributed by atoms with van der Waals surface area (Å²) in [6.07, 6.45) is 5.79. The zero-order valence-electron chi connectivity index (χ0n) is 23.8. The summed E-state index contributed by atoms with van der Waals surface area (Å²) in [6.45, 7) is 4.65. The number of urea groups is 1. The number of nitrogens with zero attached hydrogens (tertiary/aromatic N) is 5. The van der Waals surface area contributed by atoms with E-state index < -0.39 is 0 Å². The Morgan fingerprint density at radius 1 is 1.05 bits per heavy atom. The average Bonchev–Trinajstić information content (AvgIpc) is 3.65. The van der Waals surface area contributed by atoms with Crippen LogP contribution in [0.15, 0.2) is 67.0 Å². The topological polar surface area (TPSA) is 109 Å². The van der Waals surface area contributed by atoms with Crippen LogP contribution < -0.4 is 16.0 Å². The van der Waals surface area contributed by atoms with Crippen LogP contribution in [0, 0.1) is 12.7 Å². The Bertz CT molecular complexity index is 1510. The molecular formula is C31H35FN8O2. The predicted octanol–water partition coefficient (Wildman–Crippen LogP) is 4.59. The van der Waals surface area contributed by atoms with Crippen LogP contribution in [0.4, 0.5) is 21.0 Å². The van der Waals surface area contributed by atoms with Crippen molar-refractivity contribution in [3.63, 3.8) is 0 Å². The lowest BCUT2D eigenvalue weighted by molar-refractivity contribution is 0.159. The minimum atomic E-state index is -0.340. The van der Waals surface area contributed by atoms with Gasteiger partial charge in [0.25, 0.3) is 0 Å². The molecule has 2 aliphatic rings. The van der Waals surface area contributed by atoms with Crippen LogP contribution in [-0.4, -0.2) is 76.1 Å². The summed E-state index contributed by atoms with van der Waals surface area (Å²) >= 11 is 0. The lowest BCUT2D eigenvalue weighted by Crippen LogP contribution is -2.42. The van der Waals surface area contributed by atoms with Crippen molar-refractivity contribution in [3.8, 4) is 16.9 Å². The number of ether oxygens (including phenoxy) is 1. The zero-order chi connectivity index (χ0) is 29.1. The number of benzene rings is 2. The molecule has 218 valence electrons. The second-order valence-corrected chi connectivity index (χ2v) is 10.9. The molecule has 10 nitrogen and oxygen atoms in total. The van der Waals surface area contributed by atoms with Crippen molar-refractivity contribution in [2.75, 3.05) is 44.0 Å². The van der Waals surface area contributed by atoms with Crippen LogP contribution in [0.5, 0.6) is 0 Å². The van der Waals surface area contributed by atoms with Crippen molar-refractivity contribution in [2.45, 2.75) is 37.8 Å². The predicted molar refractivity (Wildman–Crippen MR) is 159 cm³/mol. The highest BCUT2D eigenvalue weighted by molar-refractivity contribution is 5.91. The number of aromatic nitrogens is 4. The highest BCUT2D eigenvalue weighted by Gasteiger charge is 2.35. The first-order chi connectivity index (χ1) is 20.5.